The summed E-state index contributed by atoms with van der Waals surface area (Å²) in [4.78, 5) is 75.2. The van der Waals surface area contributed by atoms with Crippen molar-refractivity contribution < 1.29 is 42.3 Å². The summed E-state index contributed by atoms with van der Waals surface area (Å²) < 4.78 is 25.3. The van der Waals surface area contributed by atoms with Crippen LogP contribution >= 0.6 is 20.2 Å². The maximum absolute atomic E-state index is 15.1. The zero-order valence-electron chi connectivity index (χ0n) is 47.5. The third-order valence-electron chi connectivity index (χ3n) is 17.9. The fourth-order valence-electron chi connectivity index (χ4n) is 13.7. The van der Waals surface area contributed by atoms with Gasteiger partial charge in [0.15, 0.2) is 0 Å². The van der Waals surface area contributed by atoms with Gasteiger partial charge < -0.3 is 35.0 Å². The molecule has 432 valence electrons. The summed E-state index contributed by atoms with van der Waals surface area (Å²) in [5.74, 6) is -0.823. The van der Waals surface area contributed by atoms with Crippen LogP contribution in [-0.4, -0.2) is 67.4 Å². The Morgan fingerprint density at radius 1 is 0.624 bits per heavy atom. The van der Waals surface area contributed by atoms with Gasteiger partial charge in [-0.05, 0) is 99.9 Å². The average molecular weight is 1170 g/mol. The molecule has 8 aromatic rings. The van der Waals surface area contributed by atoms with Crippen molar-refractivity contribution >= 4 is 88.5 Å². The van der Waals surface area contributed by atoms with Crippen LogP contribution in [0.2, 0.25) is 0 Å². The van der Waals surface area contributed by atoms with Gasteiger partial charge in [0.1, 0.15) is 24.4 Å². The van der Waals surface area contributed by atoms with Gasteiger partial charge in [-0.2, -0.15) is 0 Å². The number of amides is 5. The van der Waals surface area contributed by atoms with Gasteiger partial charge in [-0.15, -0.1) is 11.6 Å². The molecule has 6 aliphatic rings. The minimum absolute atomic E-state index is 0.0213. The highest BCUT2D eigenvalue weighted by Gasteiger charge is 2.76. The summed E-state index contributed by atoms with van der Waals surface area (Å²) in [6.07, 6.45) is 1.16. The van der Waals surface area contributed by atoms with E-state index in [9.17, 15) is 19.2 Å². The lowest BCUT2D eigenvalue weighted by molar-refractivity contribution is -0.204. The summed E-state index contributed by atoms with van der Waals surface area (Å²) in [6, 6.07) is 53.5. The first-order valence-corrected chi connectivity index (χ1v) is 30.8. The first-order chi connectivity index (χ1) is 41.3. The van der Waals surface area contributed by atoms with E-state index in [2.05, 4.69) is 28.1 Å². The van der Waals surface area contributed by atoms with E-state index in [0.29, 0.717) is 61.8 Å². The standard InChI is InChI=1S/C69H65ClN5O9P/c1-42(2)62(73-67(80)81-38-56-49-24-12-10-22-47(49)48-23-11-13-25-50(48)56)64(77)71-43(3)63(76)72-57-32-58-53(51-26-14-15-27-52(51)57)30-31-74(58)65(78)68-39-69(40-68,41-68)66(79)75-35-46(34-70)61-55-29-17-16-28-54(55)60(33-59(61)75)84-85(82-36-44-18-6-4-7-19-44)83-37-45-20-8-5-9-21-45/h4-29,32-33,42-43,46,56,62H,30-31,34-41H2,1-3H3,(H,71,77)(H,72,76)(H,73,80)/t43-,46+,62-,68?,69?/m0/s1. The highest BCUT2D eigenvalue weighted by molar-refractivity contribution is 7.42. The van der Waals surface area contributed by atoms with E-state index in [1.165, 1.54) is 0 Å². The van der Waals surface area contributed by atoms with E-state index in [1.54, 1.807) is 6.92 Å². The number of anilines is 3. The topological polar surface area (TPSA) is 165 Å². The molecule has 85 heavy (non-hydrogen) atoms. The predicted octanol–water partition coefficient (Wildman–Crippen LogP) is 13.5. The highest BCUT2D eigenvalue weighted by atomic mass is 35.5. The molecule has 3 N–H and O–H groups in total. The van der Waals surface area contributed by atoms with Crippen molar-refractivity contribution in [3.8, 4) is 16.9 Å². The Labute approximate surface area is 500 Å². The molecular weight excluding hydrogens is 1110 g/mol. The fraction of sp³-hybridized carbons (Fsp3) is 0.290. The van der Waals surface area contributed by atoms with Gasteiger partial charge in [-0.3, -0.25) is 28.2 Å². The smallest absolute Gasteiger partial charge is 0.407 e. The van der Waals surface area contributed by atoms with Crippen molar-refractivity contribution in [2.45, 2.75) is 83.6 Å². The Kier molecular flexibility index (Phi) is 15.2. The van der Waals surface area contributed by atoms with Crippen LogP contribution in [0.25, 0.3) is 32.7 Å². The number of alkyl carbamates (subject to hydrolysis) is 1. The third kappa shape index (κ3) is 10.4. The molecule has 0 radical (unpaired) electrons. The van der Waals surface area contributed by atoms with Gasteiger partial charge in [0, 0.05) is 53.3 Å². The molecule has 3 saturated carbocycles. The van der Waals surface area contributed by atoms with E-state index in [0.717, 1.165) is 71.7 Å². The maximum atomic E-state index is 15.1. The second kappa shape index (κ2) is 23.0. The van der Waals surface area contributed by atoms with Gasteiger partial charge in [-0.25, -0.2) is 4.79 Å². The number of alkyl halides is 1. The lowest BCUT2D eigenvalue weighted by Gasteiger charge is -2.69. The number of hydrogen-bond acceptors (Lipinski definition) is 9. The molecule has 16 heteroatoms. The Morgan fingerprint density at radius 3 is 1.79 bits per heavy atom. The van der Waals surface area contributed by atoms with Crippen LogP contribution < -0.4 is 30.3 Å². The molecule has 3 fully saturated rings. The van der Waals surface area contributed by atoms with Crippen LogP contribution in [0.15, 0.2) is 170 Å². The van der Waals surface area contributed by atoms with Gasteiger partial charge >= 0.3 is 14.7 Å². The zero-order chi connectivity index (χ0) is 58.6. The van der Waals surface area contributed by atoms with Crippen LogP contribution in [0.3, 0.4) is 0 Å². The van der Waals surface area contributed by atoms with Gasteiger partial charge in [-0.1, -0.05) is 172 Å². The number of carbonyl (C=O) groups excluding carboxylic acids is 5. The second-order valence-electron chi connectivity index (χ2n) is 23.6. The number of nitrogens with one attached hydrogen (secondary N) is 3. The lowest BCUT2D eigenvalue weighted by atomic mass is 9.34. The largest absolute Gasteiger partial charge is 0.449 e. The summed E-state index contributed by atoms with van der Waals surface area (Å²) in [7, 11) is -1.92. The minimum atomic E-state index is -1.92. The molecular formula is C69H65ClN5O9P. The van der Waals surface area contributed by atoms with Gasteiger partial charge in [0.25, 0.3) is 0 Å². The molecule has 14 rings (SSSR count). The minimum Gasteiger partial charge on any atom is -0.449 e. The molecule has 5 amide bonds. The van der Waals surface area contributed by atoms with Gasteiger partial charge in [0.05, 0.1) is 35.4 Å². The number of ether oxygens (including phenoxy) is 1. The number of hydrogen-bond donors (Lipinski definition) is 3. The molecule has 0 spiro atoms. The SMILES string of the molecule is CC(C)[C@H](NC(=O)OCC1c2ccccc2-c2ccccc21)C(=O)N[C@@H](C)C(=O)Nc1cc2c(c3ccccc13)CCN2C(=O)C12CC(C(=O)N3C[C@@H](CCl)c4c3cc(OP(OCc3ccccc3)OCc3ccccc3)c3ccccc43)(C1)C2. The third-order valence-corrected chi connectivity index (χ3v) is 19.3. The lowest BCUT2D eigenvalue weighted by Crippen LogP contribution is -2.72. The van der Waals surface area contributed by atoms with Crippen molar-refractivity contribution in [2.75, 3.05) is 40.7 Å². The first-order valence-electron chi connectivity index (χ1n) is 29.2. The summed E-state index contributed by atoms with van der Waals surface area (Å²) in [5.41, 5.74) is 8.85. The number of benzene rings is 8. The first kappa shape index (κ1) is 56.0. The number of nitrogens with zero attached hydrogens (tertiary/aromatic N) is 2. The van der Waals surface area contributed by atoms with E-state index in [4.69, 9.17) is 29.9 Å². The summed E-state index contributed by atoms with van der Waals surface area (Å²) >= 11 is 6.76. The number of rotatable bonds is 19. The van der Waals surface area contributed by atoms with Crippen LogP contribution in [-0.2, 0) is 52.6 Å². The molecule has 8 aromatic carbocycles. The molecule has 14 nitrogen and oxygen atoms in total. The summed E-state index contributed by atoms with van der Waals surface area (Å²) in [6.45, 7) is 6.72. The van der Waals surface area contributed by atoms with E-state index in [1.807, 2.05) is 181 Å². The Bertz CT molecular complexity index is 3830. The van der Waals surface area contributed by atoms with Crippen molar-refractivity contribution in [1.82, 2.24) is 10.6 Å². The molecule has 2 heterocycles. The number of halogens is 1. The Morgan fingerprint density at radius 2 is 1.18 bits per heavy atom. The van der Waals surface area contributed by atoms with E-state index in [-0.39, 0.29) is 49.4 Å². The van der Waals surface area contributed by atoms with Gasteiger partial charge in [0.2, 0.25) is 23.6 Å². The molecule has 4 aliphatic carbocycles. The van der Waals surface area contributed by atoms with Crippen molar-refractivity contribution in [2.24, 2.45) is 16.7 Å². The predicted molar refractivity (Wildman–Crippen MR) is 332 cm³/mol. The molecule has 0 aromatic heterocycles. The fourth-order valence-corrected chi connectivity index (χ4v) is 14.9. The van der Waals surface area contributed by atoms with Crippen molar-refractivity contribution in [3.63, 3.8) is 0 Å². The van der Waals surface area contributed by atoms with Crippen LogP contribution in [0.1, 0.15) is 85.3 Å². The Hall–Kier alpha value is -8.13. The maximum Gasteiger partial charge on any atom is 0.407 e. The molecule has 0 saturated heterocycles. The normalized spacial score (nSPS) is 19.5. The van der Waals surface area contributed by atoms with Crippen LogP contribution in [0, 0.1) is 16.7 Å². The second-order valence-corrected chi connectivity index (χ2v) is 25.1. The molecule has 2 aliphatic heterocycles. The number of carbonyl (C=O) groups is 5. The van der Waals surface area contributed by atoms with E-state index >= 15 is 4.79 Å². The molecule has 0 unspecified atom stereocenters. The van der Waals surface area contributed by atoms with Crippen molar-refractivity contribution in [3.05, 3.63) is 203 Å². The quantitative estimate of drug-likeness (QED) is 0.0528. The van der Waals surface area contributed by atoms with Crippen LogP contribution in [0.4, 0.5) is 21.9 Å². The number of fused-ring (bicyclic) bond motifs is 9. The highest BCUT2D eigenvalue weighted by Crippen LogP contribution is 2.75. The van der Waals surface area contributed by atoms with Crippen molar-refractivity contribution in [1.29, 1.82) is 0 Å². The Balaban J connectivity index is 0.681. The van der Waals surface area contributed by atoms with E-state index < -0.39 is 49.4 Å². The summed E-state index contributed by atoms with van der Waals surface area (Å²) in [5, 5.41) is 12.2. The molecule has 3 atom stereocenters. The monoisotopic (exact) mass is 1170 g/mol. The average Bonchev–Trinajstić information content (AvgIpc) is 1.36. The van der Waals surface area contributed by atoms with Crippen LogP contribution in [0.5, 0.6) is 5.75 Å². The molecule has 2 bridgehead atoms. The zero-order valence-corrected chi connectivity index (χ0v) is 49.2.